The molecular formula is C13H17FN2O. The van der Waals surface area contributed by atoms with Gasteiger partial charge in [-0.05, 0) is 31.4 Å². The molecule has 2 N–H and O–H groups in total. The van der Waals surface area contributed by atoms with Gasteiger partial charge in [0, 0.05) is 19.0 Å². The summed E-state index contributed by atoms with van der Waals surface area (Å²) in [6, 6.07) is 5.32. The molecule has 92 valence electrons. The van der Waals surface area contributed by atoms with E-state index in [1.54, 1.807) is 6.07 Å². The third kappa shape index (κ3) is 3.44. The average Bonchev–Trinajstić information content (AvgIpc) is 3.06. The van der Waals surface area contributed by atoms with Crippen molar-refractivity contribution < 1.29 is 9.18 Å². The predicted molar refractivity (Wildman–Crippen MR) is 65.4 cm³/mol. The van der Waals surface area contributed by atoms with Crippen LogP contribution in [0.3, 0.4) is 0 Å². The molecule has 1 amide bonds. The van der Waals surface area contributed by atoms with Crippen molar-refractivity contribution in [1.82, 2.24) is 5.32 Å². The van der Waals surface area contributed by atoms with Gasteiger partial charge in [0.1, 0.15) is 5.82 Å². The smallest absolute Gasteiger partial charge is 0.221 e. The standard InChI is InChI=1S/C13H17FN2O/c1-9-3-2-4-11(14)13(9)15-8-7-12(17)16-10-5-6-10/h2-4,10,15H,5-8H2,1H3,(H,16,17). The first-order valence-electron chi connectivity index (χ1n) is 5.95. The van der Waals surface area contributed by atoms with Crippen molar-refractivity contribution in [3.8, 4) is 0 Å². The largest absolute Gasteiger partial charge is 0.382 e. The lowest BCUT2D eigenvalue weighted by Gasteiger charge is -2.10. The number of hydrogen-bond donors (Lipinski definition) is 2. The van der Waals surface area contributed by atoms with Crippen molar-refractivity contribution in [2.45, 2.75) is 32.2 Å². The number of nitrogens with one attached hydrogen (secondary N) is 2. The van der Waals surface area contributed by atoms with E-state index in [-0.39, 0.29) is 11.7 Å². The summed E-state index contributed by atoms with van der Waals surface area (Å²) in [5.74, 6) is -0.235. The van der Waals surface area contributed by atoms with E-state index in [1.807, 2.05) is 13.0 Å². The van der Waals surface area contributed by atoms with Crippen LogP contribution in [0.15, 0.2) is 18.2 Å². The molecule has 0 bridgehead atoms. The summed E-state index contributed by atoms with van der Waals surface area (Å²) in [5, 5.41) is 5.87. The van der Waals surface area contributed by atoms with Crippen LogP contribution in [-0.4, -0.2) is 18.5 Å². The fourth-order valence-corrected chi connectivity index (χ4v) is 1.68. The van der Waals surface area contributed by atoms with E-state index in [1.165, 1.54) is 6.07 Å². The van der Waals surface area contributed by atoms with E-state index in [0.717, 1.165) is 18.4 Å². The molecule has 0 unspecified atom stereocenters. The number of para-hydroxylation sites is 1. The molecule has 1 aliphatic carbocycles. The molecule has 0 spiro atoms. The Kier molecular flexibility index (Phi) is 3.61. The van der Waals surface area contributed by atoms with E-state index in [4.69, 9.17) is 0 Å². The Morgan fingerprint density at radius 3 is 2.88 bits per heavy atom. The molecule has 0 aromatic heterocycles. The molecule has 1 aromatic carbocycles. The number of carbonyl (C=O) groups excluding carboxylic acids is 1. The van der Waals surface area contributed by atoms with Crippen LogP contribution in [0.5, 0.6) is 0 Å². The van der Waals surface area contributed by atoms with Gasteiger partial charge in [0.05, 0.1) is 5.69 Å². The summed E-state index contributed by atoms with van der Waals surface area (Å²) in [6.45, 7) is 2.30. The number of rotatable bonds is 5. The van der Waals surface area contributed by atoms with Gasteiger partial charge in [0.25, 0.3) is 0 Å². The van der Waals surface area contributed by atoms with Crippen molar-refractivity contribution in [3.05, 3.63) is 29.6 Å². The van der Waals surface area contributed by atoms with Gasteiger partial charge in [-0.25, -0.2) is 4.39 Å². The van der Waals surface area contributed by atoms with E-state index in [0.29, 0.717) is 24.7 Å². The SMILES string of the molecule is Cc1cccc(F)c1NCCC(=O)NC1CC1. The van der Waals surface area contributed by atoms with Gasteiger partial charge < -0.3 is 10.6 Å². The summed E-state index contributed by atoms with van der Waals surface area (Å²) in [7, 11) is 0. The van der Waals surface area contributed by atoms with Crippen LogP contribution < -0.4 is 10.6 Å². The molecule has 0 atom stereocenters. The van der Waals surface area contributed by atoms with E-state index < -0.39 is 0 Å². The van der Waals surface area contributed by atoms with Crippen molar-refractivity contribution >= 4 is 11.6 Å². The van der Waals surface area contributed by atoms with Crippen molar-refractivity contribution in [2.24, 2.45) is 0 Å². The number of hydrogen-bond acceptors (Lipinski definition) is 2. The number of carbonyl (C=O) groups is 1. The van der Waals surface area contributed by atoms with Crippen LogP contribution >= 0.6 is 0 Å². The van der Waals surface area contributed by atoms with Crippen LogP contribution in [0.2, 0.25) is 0 Å². The number of halogens is 1. The zero-order valence-corrected chi connectivity index (χ0v) is 9.92. The quantitative estimate of drug-likeness (QED) is 0.823. The van der Waals surface area contributed by atoms with Crippen LogP contribution in [0.4, 0.5) is 10.1 Å². The molecule has 1 aliphatic rings. The number of anilines is 1. The molecule has 1 aromatic rings. The fraction of sp³-hybridized carbons (Fsp3) is 0.462. The lowest BCUT2D eigenvalue weighted by atomic mass is 10.2. The molecule has 4 heteroatoms. The third-order valence-electron chi connectivity index (χ3n) is 2.82. The van der Waals surface area contributed by atoms with E-state index in [9.17, 15) is 9.18 Å². The highest BCUT2D eigenvalue weighted by molar-refractivity contribution is 5.77. The van der Waals surface area contributed by atoms with Gasteiger partial charge in [-0.3, -0.25) is 4.79 Å². The summed E-state index contributed by atoms with van der Waals surface area (Å²) in [4.78, 5) is 11.4. The second-order valence-electron chi connectivity index (χ2n) is 4.45. The molecule has 0 radical (unpaired) electrons. The Morgan fingerprint density at radius 2 is 2.24 bits per heavy atom. The van der Waals surface area contributed by atoms with Crippen LogP contribution in [-0.2, 0) is 4.79 Å². The minimum Gasteiger partial charge on any atom is -0.382 e. The first-order valence-corrected chi connectivity index (χ1v) is 5.95. The van der Waals surface area contributed by atoms with Gasteiger partial charge in [-0.1, -0.05) is 12.1 Å². The number of aryl methyl sites for hydroxylation is 1. The van der Waals surface area contributed by atoms with Crippen LogP contribution in [0.25, 0.3) is 0 Å². The molecular weight excluding hydrogens is 219 g/mol. The minimum absolute atomic E-state index is 0.0361. The maximum Gasteiger partial charge on any atom is 0.221 e. The van der Waals surface area contributed by atoms with Crippen molar-refractivity contribution in [3.63, 3.8) is 0 Å². The van der Waals surface area contributed by atoms with E-state index >= 15 is 0 Å². The lowest BCUT2D eigenvalue weighted by Crippen LogP contribution is -2.27. The summed E-state index contributed by atoms with van der Waals surface area (Å²) in [6.07, 6.45) is 2.56. The van der Waals surface area contributed by atoms with Gasteiger partial charge in [-0.2, -0.15) is 0 Å². The molecule has 3 nitrogen and oxygen atoms in total. The average molecular weight is 236 g/mol. The number of benzene rings is 1. The minimum atomic E-state index is -0.271. The Bertz CT molecular complexity index is 396. The molecule has 0 aliphatic heterocycles. The zero-order valence-electron chi connectivity index (χ0n) is 9.92. The lowest BCUT2D eigenvalue weighted by molar-refractivity contribution is -0.120. The van der Waals surface area contributed by atoms with Crippen LogP contribution in [0.1, 0.15) is 24.8 Å². The Morgan fingerprint density at radius 1 is 1.47 bits per heavy atom. The van der Waals surface area contributed by atoms with E-state index in [2.05, 4.69) is 10.6 Å². The highest BCUT2D eigenvalue weighted by Gasteiger charge is 2.22. The third-order valence-corrected chi connectivity index (χ3v) is 2.82. The highest BCUT2D eigenvalue weighted by atomic mass is 19.1. The maximum atomic E-state index is 13.4. The fourth-order valence-electron chi connectivity index (χ4n) is 1.68. The molecule has 1 fully saturated rings. The summed E-state index contributed by atoms with van der Waals surface area (Å²) >= 11 is 0. The number of amides is 1. The molecule has 2 rings (SSSR count). The van der Waals surface area contributed by atoms with Crippen LogP contribution in [0, 0.1) is 12.7 Å². The Hall–Kier alpha value is -1.58. The molecule has 0 saturated heterocycles. The monoisotopic (exact) mass is 236 g/mol. The van der Waals surface area contributed by atoms with Gasteiger partial charge >= 0.3 is 0 Å². The second-order valence-corrected chi connectivity index (χ2v) is 4.45. The van der Waals surface area contributed by atoms with Crippen molar-refractivity contribution in [1.29, 1.82) is 0 Å². The first kappa shape index (κ1) is 11.9. The highest BCUT2D eigenvalue weighted by Crippen LogP contribution is 2.19. The zero-order chi connectivity index (χ0) is 12.3. The second kappa shape index (κ2) is 5.17. The van der Waals surface area contributed by atoms with Crippen molar-refractivity contribution in [2.75, 3.05) is 11.9 Å². The summed E-state index contributed by atoms with van der Waals surface area (Å²) in [5.41, 5.74) is 1.35. The maximum absolute atomic E-state index is 13.4. The topological polar surface area (TPSA) is 41.1 Å². The van der Waals surface area contributed by atoms with Gasteiger partial charge in [-0.15, -0.1) is 0 Å². The Balaban J connectivity index is 1.79. The predicted octanol–water partition coefficient (Wildman–Crippen LogP) is 2.21. The first-order chi connectivity index (χ1) is 8.16. The van der Waals surface area contributed by atoms with Gasteiger partial charge in [0.15, 0.2) is 0 Å². The Labute approximate surface area is 100 Å². The normalized spacial score (nSPS) is 14.5. The van der Waals surface area contributed by atoms with Gasteiger partial charge in [0.2, 0.25) is 5.91 Å². The summed E-state index contributed by atoms with van der Waals surface area (Å²) < 4.78 is 13.4. The molecule has 17 heavy (non-hydrogen) atoms. The molecule has 0 heterocycles. The molecule has 1 saturated carbocycles.